The van der Waals surface area contributed by atoms with Gasteiger partial charge in [0.15, 0.2) is 0 Å². The molecule has 4 aromatic heterocycles. The molecule has 0 unspecified atom stereocenters. The van der Waals surface area contributed by atoms with Crippen LogP contribution in [0.1, 0.15) is 11.1 Å². The maximum atomic E-state index is 12.8. The zero-order valence-corrected chi connectivity index (χ0v) is 46.4. The number of aromatic nitrogens is 4. The third kappa shape index (κ3) is 7.24. The molecule has 86 heavy (non-hydrogen) atoms. The van der Waals surface area contributed by atoms with Gasteiger partial charge in [-0.2, -0.15) is 10.5 Å². The van der Waals surface area contributed by atoms with Crippen LogP contribution >= 0.6 is 0 Å². The van der Waals surface area contributed by atoms with Gasteiger partial charge in [0.25, 0.3) is 0 Å². The van der Waals surface area contributed by atoms with E-state index in [1.54, 1.807) is 0 Å². The fourth-order valence-corrected chi connectivity index (χ4v) is 13.9. The first-order valence-corrected chi connectivity index (χ1v) is 29.0. The topological polar surface area (TPSA) is 67.3 Å². The highest BCUT2D eigenvalue weighted by atomic mass is 15.1. The number of para-hydroxylation sites is 4. The van der Waals surface area contributed by atoms with Crippen LogP contribution in [0.5, 0.6) is 0 Å². The maximum absolute atomic E-state index is 12.8. The first-order valence-electron chi connectivity index (χ1n) is 29.0. The van der Waals surface area contributed by atoms with Crippen LogP contribution < -0.4 is 0 Å². The van der Waals surface area contributed by atoms with Crippen molar-refractivity contribution < 1.29 is 0 Å². The number of nitrogens with zero attached hydrogens (tertiary/aromatic N) is 6. The van der Waals surface area contributed by atoms with Crippen molar-refractivity contribution in [2.45, 2.75) is 0 Å². The fourth-order valence-electron chi connectivity index (χ4n) is 13.9. The van der Waals surface area contributed by atoms with Crippen molar-refractivity contribution in [2.24, 2.45) is 0 Å². The lowest BCUT2D eigenvalue weighted by atomic mass is 9.98. The highest BCUT2D eigenvalue weighted by Gasteiger charge is 2.35. The average Bonchev–Trinajstić information content (AvgIpc) is 1.51. The quantitative estimate of drug-likeness (QED) is 0.152. The molecule has 0 N–H and O–H groups in total. The molecule has 0 aliphatic rings. The van der Waals surface area contributed by atoms with Crippen molar-refractivity contribution in [3.8, 4) is 79.4 Å². The van der Waals surface area contributed by atoms with Crippen LogP contribution in [0, 0.1) is 22.7 Å². The Labute approximate surface area is 495 Å². The Morgan fingerprint density at radius 1 is 0.186 bits per heavy atom. The van der Waals surface area contributed by atoms with Gasteiger partial charge >= 0.3 is 0 Å². The molecule has 398 valence electrons. The molecule has 0 aliphatic carbocycles. The van der Waals surface area contributed by atoms with Gasteiger partial charge in [0.2, 0.25) is 0 Å². The molecule has 13 aromatic carbocycles. The van der Waals surface area contributed by atoms with Gasteiger partial charge < -0.3 is 18.3 Å². The third-order valence-corrected chi connectivity index (χ3v) is 17.6. The minimum absolute atomic E-state index is 0.352. The lowest BCUT2D eigenvalue weighted by molar-refractivity contribution is 1.02. The van der Waals surface area contributed by atoms with Gasteiger partial charge in [-0.25, -0.2) is 0 Å². The molecule has 6 nitrogen and oxygen atoms in total. The minimum atomic E-state index is 0.352. The predicted molar refractivity (Wildman–Crippen MR) is 355 cm³/mol. The van der Waals surface area contributed by atoms with Crippen molar-refractivity contribution in [1.29, 1.82) is 10.5 Å². The highest BCUT2D eigenvalue weighted by Crippen LogP contribution is 2.50. The highest BCUT2D eigenvalue weighted by molar-refractivity contribution is 6.17. The van der Waals surface area contributed by atoms with E-state index in [0.717, 1.165) is 132 Å². The van der Waals surface area contributed by atoms with Crippen LogP contribution in [-0.4, -0.2) is 18.3 Å². The molecule has 0 bridgehead atoms. The van der Waals surface area contributed by atoms with Crippen molar-refractivity contribution in [1.82, 2.24) is 18.3 Å². The summed E-state index contributed by atoms with van der Waals surface area (Å²) in [6, 6.07) is 109. The monoisotopic (exact) mass is 1090 g/mol. The molecule has 0 radical (unpaired) electrons. The molecule has 0 saturated carbocycles. The summed E-state index contributed by atoms with van der Waals surface area (Å²) in [5.74, 6) is 0. The molecule has 0 aliphatic heterocycles. The lowest BCUT2D eigenvalue weighted by Crippen LogP contribution is -2.17. The van der Waals surface area contributed by atoms with E-state index in [1.807, 2.05) is 12.1 Å². The molecule has 0 amide bonds. The van der Waals surface area contributed by atoms with Crippen molar-refractivity contribution in [3.05, 3.63) is 302 Å². The Bertz CT molecular complexity index is 5170. The minimum Gasteiger partial charge on any atom is -0.306 e. The summed E-state index contributed by atoms with van der Waals surface area (Å²) in [6.45, 7) is 0. The van der Waals surface area contributed by atoms with Crippen LogP contribution in [0.4, 0.5) is 0 Å². The van der Waals surface area contributed by atoms with Crippen molar-refractivity contribution in [3.63, 3.8) is 0 Å². The number of hydrogen-bond acceptors (Lipinski definition) is 2. The predicted octanol–water partition coefficient (Wildman–Crippen LogP) is 20.5. The molecule has 4 heterocycles. The van der Waals surface area contributed by atoms with Gasteiger partial charge in [-0.3, -0.25) is 0 Å². The van der Waals surface area contributed by atoms with Gasteiger partial charge in [-0.1, -0.05) is 218 Å². The number of fused-ring (bicyclic) bond motifs is 12. The number of benzene rings is 13. The summed E-state index contributed by atoms with van der Waals surface area (Å²) < 4.78 is 9.20. The first kappa shape index (κ1) is 48.7. The van der Waals surface area contributed by atoms with Gasteiger partial charge in [0.1, 0.15) is 23.3 Å². The summed E-state index contributed by atoms with van der Waals surface area (Å²) in [7, 11) is 0. The fraction of sp³-hybridized carbons (Fsp3) is 0. The molecule has 0 atom stereocenters. The van der Waals surface area contributed by atoms with Crippen molar-refractivity contribution >= 4 is 87.2 Å². The third-order valence-electron chi connectivity index (χ3n) is 17.6. The Balaban J connectivity index is 1.14. The number of hydrogen-bond donors (Lipinski definition) is 0. The zero-order valence-electron chi connectivity index (χ0n) is 46.4. The summed E-state index contributed by atoms with van der Waals surface area (Å²) in [6.07, 6.45) is 0. The summed E-state index contributed by atoms with van der Waals surface area (Å²) in [5.41, 5.74) is 19.2. The van der Waals surface area contributed by atoms with Gasteiger partial charge in [-0.05, 0) is 117 Å². The van der Waals surface area contributed by atoms with E-state index in [2.05, 4.69) is 309 Å². The molecule has 6 heteroatoms. The van der Waals surface area contributed by atoms with Crippen LogP contribution in [0.15, 0.2) is 291 Å². The molecule has 0 spiro atoms. The largest absolute Gasteiger partial charge is 0.306 e. The van der Waals surface area contributed by atoms with E-state index >= 15 is 0 Å². The molecular weight excluding hydrogens is 1040 g/mol. The van der Waals surface area contributed by atoms with Crippen LogP contribution in [-0.2, 0) is 0 Å². The first-order chi connectivity index (χ1) is 42.6. The zero-order chi connectivity index (χ0) is 57.0. The molecular formula is C80H48N6. The lowest BCUT2D eigenvalue weighted by Gasteiger charge is -2.27. The standard InChI is InChI=1S/C80H48N6/c81-49-67-77(83-69-33-17-13-29-59(69)60-30-14-18-34-70(60)83)68(50-82)79(85-75-43-39-57(53-25-9-3-10-26-53)47-65(75)66-48-58(40-44-76(66)85)54-27-11-4-12-28-54)80(86-71-35-19-15-31-61(71)62-32-16-20-36-72(62)86)78(67)84-73-41-37-55(51-21-5-1-6-22-51)45-63(73)64-46-56(38-42-74(64)84)52-23-7-2-8-24-52/h1-48H. The second-order valence-electron chi connectivity index (χ2n) is 22.2. The summed E-state index contributed by atoms with van der Waals surface area (Å²) >= 11 is 0. The maximum Gasteiger partial charge on any atom is 0.104 e. The Kier molecular flexibility index (Phi) is 11.0. The van der Waals surface area contributed by atoms with Crippen LogP contribution in [0.25, 0.3) is 154 Å². The molecule has 0 saturated heterocycles. The van der Waals surface area contributed by atoms with E-state index in [9.17, 15) is 10.5 Å². The SMILES string of the molecule is N#Cc1c(-n2c3ccccc3c3ccccc32)c(C#N)c(-n2c3ccc(-c4ccccc4)cc3c3cc(-c4ccccc4)ccc32)c(-n2c3ccccc3c3ccccc32)c1-n1c2ccc(-c3ccccc3)cc2c2cc(-c3ccccc3)ccc21. The Morgan fingerprint density at radius 3 is 0.674 bits per heavy atom. The van der Waals surface area contributed by atoms with Crippen molar-refractivity contribution in [2.75, 3.05) is 0 Å². The van der Waals surface area contributed by atoms with Gasteiger partial charge in [-0.15, -0.1) is 0 Å². The van der Waals surface area contributed by atoms with Gasteiger partial charge in [0, 0.05) is 43.1 Å². The smallest absolute Gasteiger partial charge is 0.104 e. The van der Waals surface area contributed by atoms with E-state index in [0.29, 0.717) is 33.9 Å². The van der Waals surface area contributed by atoms with Crippen LogP contribution in [0.2, 0.25) is 0 Å². The number of rotatable bonds is 8. The van der Waals surface area contributed by atoms with E-state index in [1.165, 1.54) is 0 Å². The van der Waals surface area contributed by atoms with Crippen LogP contribution in [0.3, 0.4) is 0 Å². The summed E-state index contributed by atoms with van der Waals surface area (Å²) in [5, 5.41) is 33.8. The van der Waals surface area contributed by atoms with E-state index in [-0.39, 0.29) is 0 Å². The second-order valence-corrected chi connectivity index (χ2v) is 22.2. The molecule has 17 aromatic rings. The van der Waals surface area contributed by atoms with E-state index in [4.69, 9.17) is 0 Å². The van der Waals surface area contributed by atoms with Gasteiger partial charge in [0.05, 0.1) is 66.9 Å². The molecule has 0 fully saturated rings. The second kappa shape index (κ2) is 19.3. The normalized spacial score (nSPS) is 11.7. The number of nitriles is 2. The van der Waals surface area contributed by atoms with E-state index < -0.39 is 0 Å². The average molecular weight is 1090 g/mol. The Morgan fingerprint density at radius 2 is 0.407 bits per heavy atom. The molecule has 17 rings (SSSR count). The summed E-state index contributed by atoms with van der Waals surface area (Å²) in [4.78, 5) is 0. The Hall–Kier alpha value is -12.0.